The van der Waals surface area contributed by atoms with Crippen molar-refractivity contribution in [2.45, 2.75) is 64.1 Å². The summed E-state index contributed by atoms with van der Waals surface area (Å²) in [6, 6.07) is 6.92. The number of H-pyrrole nitrogens is 1. The van der Waals surface area contributed by atoms with Crippen molar-refractivity contribution in [1.82, 2.24) is 15.6 Å². The molecule has 128 valence electrons. The third kappa shape index (κ3) is 2.84. The Balaban J connectivity index is 1.67. The number of hydrogen-bond donors (Lipinski definition) is 3. The fraction of sp³-hybridized carbons (Fsp3) is 0.550. The van der Waals surface area contributed by atoms with Crippen LogP contribution in [0.15, 0.2) is 24.4 Å². The summed E-state index contributed by atoms with van der Waals surface area (Å²) in [4.78, 5) is 16.2. The third-order valence-electron chi connectivity index (χ3n) is 5.50. The zero-order chi connectivity index (χ0) is 16.7. The predicted octanol–water partition coefficient (Wildman–Crippen LogP) is 3.44. The molecular weight excluding hydrogens is 298 g/mol. The number of hydrogen-bond acceptors (Lipinski definition) is 2. The molecule has 1 aliphatic carbocycles. The molecule has 2 aromatic rings. The summed E-state index contributed by atoms with van der Waals surface area (Å²) in [5.41, 5.74) is 3.77. The highest BCUT2D eigenvalue weighted by molar-refractivity contribution is 5.90. The molecule has 1 fully saturated rings. The lowest BCUT2D eigenvalue weighted by Crippen LogP contribution is -2.51. The summed E-state index contributed by atoms with van der Waals surface area (Å²) in [6.07, 6.45) is 7.37. The summed E-state index contributed by atoms with van der Waals surface area (Å²) in [5, 5.41) is 8.21. The lowest BCUT2D eigenvalue weighted by Gasteiger charge is -2.30. The summed E-state index contributed by atoms with van der Waals surface area (Å²) < 4.78 is 0. The number of carbonyl (C=O) groups is 1. The minimum Gasteiger partial charge on any atom is -0.361 e. The first kappa shape index (κ1) is 15.7. The van der Waals surface area contributed by atoms with Crippen molar-refractivity contribution in [2.75, 3.05) is 0 Å². The lowest BCUT2D eigenvalue weighted by molar-refractivity contribution is -0.124. The molecule has 1 saturated carbocycles. The van der Waals surface area contributed by atoms with Crippen molar-refractivity contribution in [3.05, 3.63) is 35.5 Å². The Bertz CT molecular complexity index is 744. The maximum atomic E-state index is 12.8. The van der Waals surface area contributed by atoms with Crippen LogP contribution in [-0.2, 0) is 11.2 Å². The van der Waals surface area contributed by atoms with Crippen LogP contribution >= 0.6 is 0 Å². The van der Waals surface area contributed by atoms with E-state index in [4.69, 9.17) is 0 Å². The largest absolute Gasteiger partial charge is 0.361 e. The number of aromatic amines is 1. The molecule has 1 aromatic heterocycles. The molecule has 0 saturated heterocycles. The van der Waals surface area contributed by atoms with Crippen molar-refractivity contribution >= 4 is 16.8 Å². The molecule has 1 amide bonds. The second kappa shape index (κ2) is 6.25. The van der Waals surface area contributed by atoms with Gasteiger partial charge in [-0.2, -0.15) is 0 Å². The average Bonchev–Trinajstić information content (AvgIpc) is 2.84. The second-order valence-corrected chi connectivity index (χ2v) is 7.83. The van der Waals surface area contributed by atoms with E-state index in [1.165, 1.54) is 28.5 Å². The highest BCUT2D eigenvalue weighted by Crippen LogP contribution is 2.34. The van der Waals surface area contributed by atoms with Crippen LogP contribution in [0.4, 0.5) is 0 Å². The average molecular weight is 325 g/mol. The number of aromatic nitrogens is 1. The van der Waals surface area contributed by atoms with Crippen LogP contribution in [0.25, 0.3) is 10.9 Å². The van der Waals surface area contributed by atoms with E-state index in [-0.39, 0.29) is 18.0 Å². The van der Waals surface area contributed by atoms with Gasteiger partial charge in [0.2, 0.25) is 5.91 Å². The van der Waals surface area contributed by atoms with Gasteiger partial charge in [0, 0.05) is 29.2 Å². The summed E-state index contributed by atoms with van der Waals surface area (Å²) in [6.45, 7) is 4.49. The summed E-state index contributed by atoms with van der Waals surface area (Å²) in [5.74, 6) is 0.740. The Labute approximate surface area is 143 Å². The van der Waals surface area contributed by atoms with Crippen molar-refractivity contribution in [3.63, 3.8) is 0 Å². The Morgan fingerprint density at radius 3 is 2.88 bits per heavy atom. The van der Waals surface area contributed by atoms with Gasteiger partial charge in [-0.15, -0.1) is 0 Å². The topological polar surface area (TPSA) is 56.9 Å². The standard InChI is InChI=1S/C20H27N3O/c1-12(2)9-17-15-7-4-8-16-19(15)13(11-21-16)10-18(23-17)20(24)22-14-5-3-6-14/h4,7-8,11-12,14,17-18,21,23H,3,5-6,9-10H2,1-2H3,(H,22,24)/t17-,18-/m0/s1. The van der Waals surface area contributed by atoms with Crippen molar-refractivity contribution in [1.29, 1.82) is 0 Å². The van der Waals surface area contributed by atoms with Crippen molar-refractivity contribution in [2.24, 2.45) is 5.92 Å². The van der Waals surface area contributed by atoms with E-state index >= 15 is 0 Å². The molecule has 1 aliphatic heterocycles. The smallest absolute Gasteiger partial charge is 0.237 e. The Morgan fingerprint density at radius 1 is 1.33 bits per heavy atom. The van der Waals surface area contributed by atoms with E-state index in [2.05, 4.69) is 53.9 Å². The maximum Gasteiger partial charge on any atom is 0.237 e. The molecule has 4 nitrogen and oxygen atoms in total. The predicted molar refractivity (Wildman–Crippen MR) is 96.9 cm³/mol. The molecule has 2 atom stereocenters. The van der Waals surface area contributed by atoms with E-state index in [0.29, 0.717) is 12.0 Å². The fourth-order valence-corrected chi connectivity index (χ4v) is 4.04. The minimum absolute atomic E-state index is 0.152. The molecule has 0 unspecified atom stereocenters. The first-order valence-corrected chi connectivity index (χ1v) is 9.27. The molecule has 2 heterocycles. The SMILES string of the molecule is CC(C)C[C@@H]1N[C@H](C(=O)NC2CCC2)Cc2c[nH]c3cccc1c23. The molecule has 4 heteroatoms. The van der Waals surface area contributed by atoms with Gasteiger partial charge in [0.1, 0.15) is 0 Å². The van der Waals surface area contributed by atoms with Gasteiger partial charge in [-0.1, -0.05) is 26.0 Å². The van der Waals surface area contributed by atoms with Crippen LogP contribution in [0.3, 0.4) is 0 Å². The number of benzene rings is 1. The zero-order valence-corrected chi connectivity index (χ0v) is 14.6. The van der Waals surface area contributed by atoms with E-state index in [1.54, 1.807) is 0 Å². The third-order valence-corrected chi connectivity index (χ3v) is 5.50. The molecule has 4 rings (SSSR count). The van der Waals surface area contributed by atoms with Crippen LogP contribution in [0.5, 0.6) is 0 Å². The van der Waals surface area contributed by atoms with Crippen LogP contribution in [-0.4, -0.2) is 23.0 Å². The van der Waals surface area contributed by atoms with Gasteiger partial charge in [0.15, 0.2) is 0 Å². The van der Waals surface area contributed by atoms with Gasteiger partial charge in [-0.05, 0) is 55.2 Å². The number of amides is 1. The molecule has 0 radical (unpaired) electrons. The second-order valence-electron chi connectivity index (χ2n) is 7.83. The summed E-state index contributed by atoms with van der Waals surface area (Å²) >= 11 is 0. The van der Waals surface area contributed by atoms with Crippen LogP contribution in [0, 0.1) is 5.92 Å². The normalized spacial score (nSPS) is 24.0. The Hall–Kier alpha value is -1.81. The molecule has 0 spiro atoms. The van der Waals surface area contributed by atoms with E-state index < -0.39 is 0 Å². The monoisotopic (exact) mass is 325 g/mol. The quantitative estimate of drug-likeness (QED) is 0.806. The van der Waals surface area contributed by atoms with Gasteiger partial charge in [0.05, 0.1) is 6.04 Å². The van der Waals surface area contributed by atoms with E-state index in [1.807, 2.05) is 0 Å². The highest BCUT2D eigenvalue weighted by atomic mass is 16.2. The molecular formula is C20H27N3O. The van der Waals surface area contributed by atoms with Crippen LogP contribution in [0.1, 0.15) is 56.7 Å². The van der Waals surface area contributed by atoms with Crippen LogP contribution < -0.4 is 10.6 Å². The van der Waals surface area contributed by atoms with Crippen molar-refractivity contribution < 1.29 is 4.79 Å². The maximum absolute atomic E-state index is 12.8. The number of rotatable bonds is 4. The Morgan fingerprint density at radius 2 is 2.17 bits per heavy atom. The minimum atomic E-state index is -0.152. The van der Waals surface area contributed by atoms with Gasteiger partial charge in [-0.3, -0.25) is 10.1 Å². The fourth-order valence-electron chi connectivity index (χ4n) is 4.04. The van der Waals surface area contributed by atoms with E-state index in [0.717, 1.165) is 25.7 Å². The van der Waals surface area contributed by atoms with E-state index in [9.17, 15) is 4.79 Å². The lowest BCUT2D eigenvalue weighted by atomic mass is 9.92. The zero-order valence-electron chi connectivity index (χ0n) is 14.6. The first-order valence-electron chi connectivity index (χ1n) is 9.27. The number of nitrogens with one attached hydrogen (secondary N) is 3. The van der Waals surface area contributed by atoms with Gasteiger partial charge in [0.25, 0.3) is 0 Å². The van der Waals surface area contributed by atoms with Gasteiger partial charge in [-0.25, -0.2) is 0 Å². The molecule has 1 aromatic carbocycles. The Kier molecular flexibility index (Phi) is 4.09. The molecule has 3 N–H and O–H groups in total. The first-order chi connectivity index (χ1) is 11.6. The summed E-state index contributed by atoms with van der Waals surface area (Å²) in [7, 11) is 0. The molecule has 2 aliphatic rings. The molecule has 0 bridgehead atoms. The number of carbonyl (C=O) groups excluding carboxylic acids is 1. The van der Waals surface area contributed by atoms with Crippen molar-refractivity contribution in [3.8, 4) is 0 Å². The van der Waals surface area contributed by atoms with Crippen LogP contribution in [0.2, 0.25) is 0 Å². The van der Waals surface area contributed by atoms with Gasteiger partial charge < -0.3 is 10.3 Å². The highest BCUT2D eigenvalue weighted by Gasteiger charge is 2.31. The van der Waals surface area contributed by atoms with Gasteiger partial charge >= 0.3 is 0 Å². The molecule has 24 heavy (non-hydrogen) atoms.